The molecule has 7 heteroatoms. The number of nitrogens with two attached hydrogens (primary N) is 1. The fourth-order valence-corrected chi connectivity index (χ4v) is 1.56. The largest absolute Gasteiger partial charge is 0.381 e. The standard InChI is InChI=1S/C11H10ClFN4O/c12-9-5-17(16-11(9)14)6-10(18)15-8-3-1-2-7(13)4-8/h1-5H,6H2,(H2,14,16)(H,15,18). The monoisotopic (exact) mass is 268 g/mol. The maximum absolute atomic E-state index is 12.9. The summed E-state index contributed by atoms with van der Waals surface area (Å²) in [5.41, 5.74) is 5.82. The van der Waals surface area contributed by atoms with Gasteiger partial charge in [-0.15, -0.1) is 0 Å². The Morgan fingerprint density at radius 3 is 2.94 bits per heavy atom. The van der Waals surface area contributed by atoms with Crippen LogP contribution in [0.15, 0.2) is 30.5 Å². The van der Waals surface area contributed by atoms with Gasteiger partial charge in [-0.05, 0) is 18.2 Å². The highest BCUT2D eigenvalue weighted by molar-refractivity contribution is 6.32. The fourth-order valence-electron chi connectivity index (χ4n) is 1.41. The molecule has 1 aromatic heterocycles. The number of carbonyl (C=O) groups excluding carboxylic acids is 1. The van der Waals surface area contributed by atoms with Crippen LogP contribution in [0.1, 0.15) is 0 Å². The lowest BCUT2D eigenvalue weighted by molar-refractivity contribution is -0.116. The number of anilines is 2. The van der Waals surface area contributed by atoms with E-state index in [2.05, 4.69) is 10.4 Å². The molecule has 0 aliphatic heterocycles. The summed E-state index contributed by atoms with van der Waals surface area (Å²) >= 11 is 5.70. The lowest BCUT2D eigenvalue weighted by Crippen LogP contribution is -2.19. The third-order valence-corrected chi connectivity index (χ3v) is 2.45. The molecule has 0 fully saturated rings. The number of benzene rings is 1. The van der Waals surface area contributed by atoms with Crippen LogP contribution in [0.5, 0.6) is 0 Å². The van der Waals surface area contributed by atoms with Crippen LogP contribution in [-0.4, -0.2) is 15.7 Å². The second-order valence-electron chi connectivity index (χ2n) is 3.62. The van der Waals surface area contributed by atoms with Gasteiger partial charge in [-0.2, -0.15) is 5.10 Å². The van der Waals surface area contributed by atoms with Crippen molar-refractivity contribution in [3.63, 3.8) is 0 Å². The van der Waals surface area contributed by atoms with E-state index in [1.54, 1.807) is 6.07 Å². The van der Waals surface area contributed by atoms with Crippen molar-refractivity contribution in [2.45, 2.75) is 6.54 Å². The van der Waals surface area contributed by atoms with Gasteiger partial charge in [-0.1, -0.05) is 17.7 Å². The number of hydrogen-bond donors (Lipinski definition) is 2. The first-order valence-electron chi connectivity index (χ1n) is 5.08. The number of nitrogens with one attached hydrogen (secondary N) is 1. The van der Waals surface area contributed by atoms with Gasteiger partial charge in [-0.25, -0.2) is 4.39 Å². The van der Waals surface area contributed by atoms with Crippen molar-refractivity contribution in [2.75, 3.05) is 11.1 Å². The highest BCUT2D eigenvalue weighted by Crippen LogP contribution is 2.15. The summed E-state index contributed by atoms with van der Waals surface area (Å²) in [5, 5.41) is 6.66. The van der Waals surface area contributed by atoms with Crippen molar-refractivity contribution in [1.82, 2.24) is 9.78 Å². The summed E-state index contributed by atoms with van der Waals surface area (Å²) in [4.78, 5) is 11.6. The molecule has 3 N–H and O–H groups in total. The number of rotatable bonds is 3. The zero-order valence-corrected chi connectivity index (χ0v) is 9.99. The molecule has 0 aliphatic carbocycles. The molecule has 0 radical (unpaired) electrons. The van der Waals surface area contributed by atoms with Crippen LogP contribution in [0.3, 0.4) is 0 Å². The normalized spacial score (nSPS) is 10.3. The number of aromatic nitrogens is 2. The molecule has 0 saturated heterocycles. The van der Waals surface area contributed by atoms with Crippen LogP contribution in [0.25, 0.3) is 0 Å². The molecule has 94 valence electrons. The summed E-state index contributed by atoms with van der Waals surface area (Å²) in [7, 11) is 0. The van der Waals surface area contributed by atoms with Gasteiger partial charge in [-0.3, -0.25) is 9.48 Å². The molecule has 5 nitrogen and oxygen atoms in total. The summed E-state index contributed by atoms with van der Waals surface area (Å²) in [6.45, 7) is -0.0482. The van der Waals surface area contributed by atoms with Crippen molar-refractivity contribution < 1.29 is 9.18 Å². The smallest absolute Gasteiger partial charge is 0.246 e. The summed E-state index contributed by atoms with van der Waals surface area (Å²) < 4.78 is 14.2. The zero-order valence-electron chi connectivity index (χ0n) is 9.23. The minimum absolute atomic E-state index is 0.0482. The van der Waals surface area contributed by atoms with Crippen molar-refractivity contribution in [3.8, 4) is 0 Å². The van der Waals surface area contributed by atoms with Crippen LogP contribution < -0.4 is 11.1 Å². The Morgan fingerprint density at radius 2 is 2.33 bits per heavy atom. The molecule has 2 aromatic rings. The molecular formula is C11H10ClFN4O. The average Bonchev–Trinajstić information content (AvgIpc) is 2.57. The molecular weight excluding hydrogens is 259 g/mol. The van der Waals surface area contributed by atoms with Gasteiger partial charge in [0.2, 0.25) is 5.91 Å². The minimum Gasteiger partial charge on any atom is -0.381 e. The van der Waals surface area contributed by atoms with Crippen LogP contribution in [0.2, 0.25) is 5.02 Å². The first kappa shape index (κ1) is 12.4. The average molecular weight is 269 g/mol. The first-order chi connectivity index (χ1) is 8.54. The Hall–Kier alpha value is -2.08. The topological polar surface area (TPSA) is 72.9 Å². The predicted molar refractivity (Wildman–Crippen MR) is 66.7 cm³/mol. The maximum atomic E-state index is 12.9. The highest BCUT2D eigenvalue weighted by Gasteiger charge is 2.08. The molecule has 0 spiro atoms. The van der Waals surface area contributed by atoms with Crippen molar-refractivity contribution >= 4 is 29.0 Å². The van der Waals surface area contributed by atoms with E-state index in [9.17, 15) is 9.18 Å². The second kappa shape index (κ2) is 5.05. The Kier molecular flexibility index (Phi) is 3.47. The van der Waals surface area contributed by atoms with E-state index in [1.807, 2.05) is 0 Å². The molecule has 1 heterocycles. The second-order valence-corrected chi connectivity index (χ2v) is 4.03. The molecule has 0 atom stereocenters. The van der Waals surface area contributed by atoms with Crippen molar-refractivity contribution in [3.05, 3.63) is 41.3 Å². The van der Waals surface area contributed by atoms with Gasteiger partial charge in [0, 0.05) is 11.9 Å². The lowest BCUT2D eigenvalue weighted by atomic mass is 10.3. The van der Waals surface area contributed by atoms with Gasteiger partial charge in [0.1, 0.15) is 17.4 Å². The Morgan fingerprint density at radius 1 is 1.56 bits per heavy atom. The Balaban J connectivity index is 2.01. The van der Waals surface area contributed by atoms with E-state index in [4.69, 9.17) is 17.3 Å². The summed E-state index contributed by atoms with van der Waals surface area (Å²) in [6.07, 6.45) is 1.45. The highest BCUT2D eigenvalue weighted by atomic mass is 35.5. The van der Waals surface area contributed by atoms with Crippen LogP contribution in [0, 0.1) is 5.82 Å². The Bertz CT molecular complexity index is 565. The van der Waals surface area contributed by atoms with Gasteiger partial charge in [0.15, 0.2) is 5.82 Å². The van der Waals surface area contributed by atoms with E-state index in [-0.39, 0.29) is 23.3 Å². The van der Waals surface area contributed by atoms with Gasteiger partial charge < -0.3 is 11.1 Å². The number of carbonyl (C=O) groups is 1. The van der Waals surface area contributed by atoms with E-state index >= 15 is 0 Å². The molecule has 2 rings (SSSR count). The number of halogens is 2. The van der Waals surface area contributed by atoms with Gasteiger partial charge in [0.05, 0.1) is 0 Å². The number of nitrogens with zero attached hydrogens (tertiary/aromatic N) is 2. The van der Waals surface area contributed by atoms with Gasteiger partial charge >= 0.3 is 0 Å². The quantitative estimate of drug-likeness (QED) is 0.893. The third kappa shape index (κ3) is 2.98. The van der Waals surface area contributed by atoms with Gasteiger partial charge in [0.25, 0.3) is 0 Å². The first-order valence-corrected chi connectivity index (χ1v) is 5.46. The number of amides is 1. The SMILES string of the molecule is Nc1nn(CC(=O)Nc2cccc(F)c2)cc1Cl. The van der Waals surface area contributed by atoms with E-state index in [1.165, 1.54) is 29.1 Å². The van der Waals surface area contributed by atoms with Crippen LogP contribution in [0.4, 0.5) is 15.9 Å². The Labute approximate surface area is 107 Å². The van der Waals surface area contributed by atoms with Crippen LogP contribution >= 0.6 is 11.6 Å². The molecule has 0 bridgehead atoms. The molecule has 0 aliphatic rings. The molecule has 1 amide bonds. The molecule has 0 saturated carbocycles. The van der Waals surface area contributed by atoms with E-state index in [0.717, 1.165) is 0 Å². The zero-order chi connectivity index (χ0) is 13.1. The summed E-state index contributed by atoms with van der Waals surface area (Å²) in [5.74, 6) is -0.603. The number of nitrogen functional groups attached to an aromatic ring is 1. The maximum Gasteiger partial charge on any atom is 0.246 e. The minimum atomic E-state index is -0.417. The molecule has 0 unspecified atom stereocenters. The summed E-state index contributed by atoms with van der Waals surface area (Å²) in [6, 6.07) is 5.62. The van der Waals surface area contributed by atoms with Crippen molar-refractivity contribution in [2.24, 2.45) is 0 Å². The fraction of sp³-hybridized carbons (Fsp3) is 0.0909. The lowest BCUT2D eigenvalue weighted by Gasteiger charge is -2.05. The van der Waals surface area contributed by atoms with E-state index in [0.29, 0.717) is 5.69 Å². The molecule has 1 aromatic carbocycles. The third-order valence-electron chi connectivity index (χ3n) is 2.16. The molecule has 18 heavy (non-hydrogen) atoms. The van der Waals surface area contributed by atoms with Crippen LogP contribution in [-0.2, 0) is 11.3 Å². The van der Waals surface area contributed by atoms with E-state index < -0.39 is 5.82 Å². The predicted octanol–water partition coefficient (Wildman–Crippen LogP) is 1.90. The number of hydrogen-bond acceptors (Lipinski definition) is 3. The van der Waals surface area contributed by atoms with Crippen molar-refractivity contribution in [1.29, 1.82) is 0 Å².